The van der Waals surface area contributed by atoms with Crippen molar-refractivity contribution in [1.82, 2.24) is 15.4 Å². The first-order chi connectivity index (χ1) is 11.3. The summed E-state index contributed by atoms with van der Waals surface area (Å²) in [5.74, 6) is 5.26. The molecule has 1 heterocycles. The SMILES string of the molecule is NNC(=O)c1cnc(C(c2ccccc2)c2ccccc2)nc1. The van der Waals surface area contributed by atoms with Gasteiger partial charge in [-0.25, -0.2) is 15.8 Å². The van der Waals surface area contributed by atoms with Crippen molar-refractivity contribution in [2.75, 3.05) is 0 Å². The van der Waals surface area contributed by atoms with E-state index in [1.54, 1.807) is 0 Å². The van der Waals surface area contributed by atoms with E-state index in [4.69, 9.17) is 5.84 Å². The van der Waals surface area contributed by atoms with Crippen molar-refractivity contribution in [3.63, 3.8) is 0 Å². The lowest BCUT2D eigenvalue weighted by molar-refractivity contribution is 0.0953. The Kier molecular flexibility index (Phi) is 4.40. The molecular weight excluding hydrogens is 288 g/mol. The van der Waals surface area contributed by atoms with Gasteiger partial charge in [-0.1, -0.05) is 60.7 Å². The lowest BCUT2D eigenvalue weighted by Gasteiger charge is -2.16. The van der Waals surface area contributed by atoms with Crippen molar-refractivity contribution in [1.29, 1.82) is 0 Å². The fraction of sp³-hybridized carbons (Fsp3) is 0.0556. The number of nitrogen functional groups attached to an aromatic ring is 1. The van der Waals surface area contributed by atoms with E-state index in [9.17, 15) is 4.79 Å². The zero-order valence-electron chi connectivity index (χ0n) is 12.4. The van der Waals surface area contributed by atoms with Crippen molar-refractivity contribution in [3.05, 3.63) is 95.6 Å². The molecule has 0 aliphatic rings. The van der Waals surface area contributed by atoms with Gasteiger partial charge in [-0.15, -0.1) is 0 Å². The second-order valence-corrected chi connectivity index (χ2v) is 5.06. The van der Waals surface area contributed by atoms with Gasteiger partial charge in [0.15, 0.2) is 0 Å². The van der Waals surface area contributed by atoms with E-state index >= 15 is 0 Å². The van der Waals surface area contributed by atoms with E-state index in [1.807, 2.05) is 60.7 Å². The second kappa shape index (κ2) is 6.81. The van der Waals surface area contributed by atoms with E-state index in [-0.39, 0.29) is 5.92 Å². The van der Waals surface area contributed by atoms with E-state index < -0.39 is 5.91 Å². The van der Waals surface area contributed by atoms with Crippen molar-refractivity contribution < 1.29 is 4.79 Å². The van der Waals surface area contributed by atoms with Gasteiger partial charge >= 0.3 is 0 Å². The number of hydrazine groups is 1. The summed E-state index contributed by atoms with van der Waals surface area (Å²) in [4.78, 5) is 20.3. The van der Waals surface area contributed by atoms with Crippen LogP contribution < -0.4 is 11.3 Å². The zero-order valence-corrected chi connectivity index (χ0v) is 12.4. The number of amides is 1. The lowest BCUT2D eigenvalue weighted by atomic mass is 9.90. The van der Waals surface area contributed by atoms with Crippen LogP contribution in [0.3, 0.4) is 0 Å². The maximum absolute atomic E-state index is 11.5. The number of carbonyl (C=O) groups is 1. The average molecular weight is 304 g/mol. The molecule has 0 radical (unpaired) electrons. The van der Waals surface area contributed by atoms with Gasteiger partial charge in [0.1, 0.15) is 5.82 Å². The number of hydrogen-bond donors (Lipinski definition) is 2. The molecule has 3 rings (SSSR count). The van der Waals surface area contributed by atoms with Crippen LogP contribution in [-0.2, 0) is 0 Å². The van der Waals surface area contributed by atoms with Crippen molar-refractivity contribution in [3.8, 4) is 0 Å². The smallest absolute Gasteiger partial charge is 0.268 e. The van der Waals surface area contributed by atoms with Crippen LogP contribution in [0.25, 0.3) is 0 Å². The average Bonchev–Trinajstić information content (AvgIpc) is 2.64. The largest absolute Gasteiger partial charge is 0.290 e. The molecule has 0 spiro atoms. The van der Waals surface area contributed by atoms with E-state index in [0.717, 1.165) is 11.1 Å². The number of hydrogen-bond acceptors (Lipinski definition) is 4. The molecule has 2 aromatic carbocycles. The first-order valence-electron chi connectivity index (χ1n) is 7.22. The number of aromatic nitrogens is 2. The molecule has 1 amide bonds. The summed E-state index contributed by atoms with van der Waals surface area (Å²) >= 11 is 0. The van der Waals surface area contributed by atoms with E-state index in [1.165, 1.54) is 12.4 Å². The van der Waals surface area contributed by atoms with Crippen LogP contribution in [0.5, 0.6) is 0 Å². The van der Waals surface area contributed by atoms with Gasteiger partial charge < -0.3 is 0 Å². The van der Waals surface area contributed by atoms with Crippen molar-refractivity contribution in [2.45, 2.75) is 5.92 Å². The van der Waals surface area contributed by atoms with Crippen LogP contribution in [0.2, 0.25) is 0 Å². The van der Waals surface area contributed by atoms with E-state index in [0.29, 0.717) is 11.4 Å². The van der Waals surface area contributed by atoms with E-state index in [2.05, 4.69) is 15.4 Å². The molecule has 5 nitrogen and oxygen atoms in total. The van der Waals surface area contributed by atoms with Crippen LogP contribution in [0.4, 0.5) is 0 Å². The Morgan fingerprint density at radius 3 is 1.78 bits per heavy atom. The number of carbonyl (C=O) groups excluding carboxylic acids is 1. The van der Waals surface area contributed by atoms with Crippen LogP contribution >= 0.6 is 0 Å². The van der Waals surface area contributed by atoms with Gasteiger partial charge in [0.05, 0.1) is 11.5 Å². The standard InChI is InChI=1S/C18H16N4O/c19-22-18(23)15-11-20-17(21-12-15)16(13-7-3-1-4-8-13)14-9-5-2-6-10-14/h1-12,16H,19H2,(H,22,23). The summed E-state index contributed by atoms with van der Waals surface area (Å²) < 4.78 is 0. The van der Waals surface area contributed by atoms with Gasteiger partial charge in [-0.2, -0.15) is 0 Å². The summed E-state index contributed by atoms with van der Waals surface area (Å²) in [6.07, 6.45) is 2.98. The molecule has 5 heteroatoms. The Morgan fingerprint density at radius 2 is 1.35 bits per heavy atom. The minimum Gasteiger partial charge on any atom is -0.290 e. The highest BCUT2D eigenvalue weighted by molar-refractivity contribution is 5.93. The number of nitrogens with one attached hydrogen (secondary N) is 1. The predicted molar refractivity (Wildman–Crippen MR) is 87.5 cm³/mol. The lowest BCUT2D eigenvalue weighted by Crippen LogP contribution is -2.30. The highest BCUT2D eigenvalue weighted by atomic mass is 16.2. The van der Waals surface area contributed by atoms with Gasteiger partial charge in [0.2, 0.25) is 0 Å². The Hall–Kier alpha value is -3.05. The third kappa shape index (κ3) is 3.25. The first-order valence-corrected chi connectivity index (χ1v) is 7.22. The minimum absolute atomic E-state index is 0.0904. The molecule has 0 saturated carbocycles. The molecule has 0 atom stereocenters. The molecule has 3 N–H and O–H groups in total. The minimum atomic E-state index is -0.410. The Labute approximate surface area is 134 Å². The predicted octanol–water partition coefficient (Wildman–Crippen LogP) is 2.26. The van der Waals surface area contributed by atoms with Gasteiger partial charge in [0, 0.05) is 12.4 Å². The fourth-order valence-corrected chi connectivity index (χ4v) is 2.47. The molecule has 0 aliphatic heterocycles. The third-order valence-corrected chi connectivity index (χ3v) is 3.59. The molecular formula is C18H16N4O. The Morgan fingerprint density at radius 1 is 0.870 bits per heavy atom. The maximum atomic E-state index is 11.5. The summed E-state index contributed by atoms with van der Waals surface area (Å²) in [6, 6.07) is 20.1. The number of rotatable bonds is 4. The van der Waals surface area contributed by atoms with Gasteiger partial charge in [-0.05, 0) is 11.1 Å². The molecule has 0 unspecified atom stereocenters. The molecule has 23 heavy (non-hydrogen) atoms. The number of benzene rings is 2. The molecule has 3 aromatic rings. The Bertz CT molecular complexity index is 734. The molecule has 114 valence electrons. The summed E-state index contributed by atoms with van der Waals surface area (Å²) in [7, 11) is 0. The highest BCUT2D eigenvalue weighted by Crippen LogP contribution is 2.29. The van der Waals surface area contributed by atoms with Gasteiger partial charge in [0.25, 0.3) is 5.91 Å². The zero-order chi connectivity index (χ0) is 16.1. The molecule has 0 bridgehead atoms. The van der Waals surface area contributed by atoms with Crippen molar-refractivity contribution in [2.24, 2.45) is 5.84 Å². The molecule has 0 saturated heterocycles. The summed E-state index contributed by atoms with van der Waals surface area (Å²) in [5.41, 5.74) is 4.59. The maximum Gasteiger partial charge on any atom is 0.268 e. The monoisotopic (exact) mass is 304 g/mol. The third-order valence-electron chi connectivity index (χ3n) is 3.59. The van der Waals surface area contributed by atoms with Crippen LogP contribution in [0.1, 0.15) is 33.2 Å². The number of nitrogens with two attached hydrogens (primary N) is 1. The molecule has 0 aliphatic carbocycles. The fourth-order valence-electron chi connectivity index (χ4n) is 2.47. The van der Waals surface area contributed by atoms with Crippen molar-refractivity contribution >= 4 is 5.91 Å². The first kappa shape index (κ1) is 14.9. The summed E-state index contributed by atoms with van der Waals surface area (Å²) in [5, 5.41) is 0. The summed E-state index contributed by atoms with van der Waals surface area (Å²) in [6.45, 7) is 0. The highest BCUT2D eigenvalue weighted by Gasteiger charge is 2.19. The quantitative estimate of drug-likeness (QED) is 0.440. The topological polar surface area (TPSA) is 80.9 Å². The molecule has 1 aromatic heterocycles. The van der Waals surface area contributed by atoms with Crippen LogP contribution in [0, 0.1) is 0 Å². The Balaban J connectivity index is 2.04. The molecule has 0 fully saturated rings. The second-order valence-electron chi connectivity index (χ2n) is 5.06. The normalized spacial score (nSPS) is 10.5. The van der Waals surface area contributed by atoms with Gasteiger partial charge in [-0.3, -0.25) is 10.2 Å². The number of nitrogens with zero attached hydrogens (tertiary/aromatic N) is 2. The van der Waals surface area contributed by atoms with Crippen LogP contribution in [-0.4, -0.2) is 15.9 Å². The van der Waals surface area contributed by atoms with Crippen LogP contribution in [0.15, 0.2) is 73.1 Å².